The summed E-state index contributed by atoms with van der Waals surface area (Å²) in [6, 6.07) is 2.77. The molecule has 3 rings (SSSR count). The molecule has 14 heavy (non-hydrogen) atoms. The van der Waals surface area contributed by atoms with Crippen LogP contribution in [0, 0.1) is 11.3 Å². The van der Waals surface area contributed by atoms with Crippen LogP contribution < -0.4 is 5.32 Å². The molecule has 2 aliphatic rings. The van der Waals surface area contributed by atoms with Crippen molar-refractivity contribution in [3.05, 3.63) is 17.0 Å². The molecule has 0 aromatic carbocycles. The number of hydrogen-bond acceptors (Lipinski definition) is 3. The zero-order chi connectivity index (χ0) is 9.54. The quantitative estimate of drug-likeness (QED) is 0.707. The molecule has 1 fully saturated rings. The maximum absolute atomic E-state index is 8.96. The van der Waals surface area contributed by atoms with E-state index in [0.717, 1.165) is 25.1 Å². The number of nitriles is 1. The monoisotopic (exact) mass is 188 g/mol. The lowest BCUT2D eigenvalue weighted by atomic mass is 10.1. The van der Waals surface area contributed by atoms with Crippen LogP contribution in [0.2, 0.25) is 0 Å². The number of rotatable bonds is 1. The Morgan fingerprint density at radius 2 is 2.36 bits per heavy atom. The number of aromatic nitrogens is 2. The van der Waals surface area contributed by atoms with E-state index in [2.05, 4.69) is 21.2 Å². The van der Waals surface area contributed by atoms with Crippen LogP contribution in [0.25, 0.3) is 0 Å². The van der Waals surface area contributed by atoms with E-state index < -0.39 is 0 Å². The largest absolute Gasteiger partial charge is 0.312 e. The number of nitrogens with one attached hydrogen (secondary N) is 1. The highest BCUT2D eigenvalue weighted by molar-refractivity contribution is 5.37. The summed E-state index contributed by atoms with van der Waals surface area (Å²) in [5.74, 6) is 0. The van der Waals surface area contributed by atoms with E-state index in [9.17, 15) is 0 Å². The average molecular weight is 188 g/mol. The minimum Gasteiger partial charge on any atom is -0.312 e. The van der Waals surface area contributed by atoms with Gasteiger partial charge in [0.25, 0.3) is 0 Å². The summed E-state index contributed by atoms with van der Waals surface area (Å²) in [6.45, 7) is 1.82. The third-order valence-electron chi connectivity index (χ3n) is 2.96. The molecule has 0 unspecified atom stereocenters. The Bertz CT molecular complexity index is 408. The maximum Gasteiger partial charge on any atom is 0.167 e. The predicted molar refractivity (Wildman–Crippen MR) is 50.6 cm³/mol. The molecule has 4 heteroatoms. The Hall–Kier alpha value is -1.34. The Kier molecular flexibility index (Phi) is 1.62. The van der Waals surface area contributed by atoms with Gasteiger partial charge in [-0.25, -0.2) is 0 Å². The molecular formula is C10H12N4. The van der Waals surface area contributed by atoms with E-state index in [1.54, 1.807) is 0 Å². The molecule has 2 heterocycles. The number of hydrogen-bond donors (Lipinski definition) is 1. The summed E-state index contributed by atoms with van der Waals surface area (Å²) in [6.07, 6.45) is 3.47. The first kappa shape index (κ1) is 8.01. The highest BCUT2D eigenvalue weighted by Gasteiger charge is 2.30. The summed E-state index contributed by atoms with van der Waals surface area (Å²) >= 11 is 0. The maximum atomic E-state index is 8.96. The van der Waals surface area contributed by atoms with Gasteiger partial charge in [0.05, 0.1) is 6.04 Å². The van der Waals surface area contributed by atoms with E-state index in [-0.39, 0.29) is 0 Å². The van der Waals surface area contributed by atoms with Gasteiger partial charge in [0.15, 0.2) is 5.69 Å². The third kappa shape index (κ3) is 1.06. The highest BCUT2D eigenvalue weighted by Crippen LogP contribution is 2.37. The van der Waals surface area contributed by atoms with Gasteiger partial charge < -0.3 is 5.32 Å². The number of fused-ring (bicyclic) bond motifs is 1. The minimum absolute atomic E-state index is 0.587. The van der Waals surface area contributed by atoms with Crippen LogP contribution in [0.5, 0.6) is 0 Å². The third-order valence-corrected chi connectivity index (χ3v) is 2.96. The van der Waals surface area contributed by atoms with Crippen LogP contribution >= 0.6 is 0 Å². The van der Waals surface area contributed by atoms with Crippen LogP contribution in [-0.4, -0.2) is 16.3 Å². The van der Waals surface area contributed by atoms with E-state index in [4.69, 9.17) is 5.26 Å². The molecule has 1 aromatic heterocycles. The van der Waals surface area contributed by atoms with Crippen molar-refractivity contribution in [2.75, 3.05) is 6.54 Å². The second-order valence-corrected chi connectivity index (χ2v) is 3.99. The van der Waals surface area contributed by atoms with Gasteiger partial charge in [-0.05, 0) is 12.8 Å². The number of nitrogens with zero attached hydrogens (tertiary/aromatic N) is 3. The molecule has 1 aromatic rings. The lowest BCUT2D eigenvalue weighted by Gasteiger charge is -2.14. The Labute approximate surface area is 82.5 Å². The van der Waals surface area contributed by atoms with Crippen molar-refractivity contribution in [2.24, 2.45) is 0 Å². The Morgan fingerprint density at radius 1 is 1.50 bits per heavy atom. The molecule has 0 saturated heterocycles. The van der Waals surface area contributed by atoms with Gasteiger partial charge >= 0.3 is 0 Å². The first-order valence-electron chi connectivity index (χ1n) is 5.11. The first-order valence-corrected chi connectivity index (χ1v) is 5.11. The fourth-order valence-electron chi connectivity index (χ4n) is 2.09. The minimum atomic E-state index is 0.587. The molecule has 0 spiro atoms. The highest BCUT2D eigenvalue weighted by atomic mass is 15.3. The fourth-order valence-corrected chi connectivity index (χ4v) is 2.09. The standard InChI is InChI=1S/C10H12N4/c11-5-9-8-6-12-4-3-10(8)14(13-9)7-1-2-7/h7,12H,1-4,6H2. The summed E-state index contributed by atoms with van der Waals surface area (Å²) in [7, 11) is 0. The Balaban J connectivity index is 2.12. The molecule has 0 atom stereocenters. The van der Waals surface area contributed by atoms with E-state index >= 15 is 0 Å². The van der Waals surface area contributed by atoms with Crippen LogP contribution in [0.3, 0.4) is 0 Å². The van der Waals surface area contributed by atoms with Crippen LogP contribution in [0.1, 0.15) is 35.8 Å². The van der Waals surface area contributed by atoms with E-state index in [1.165, 1.54) is 18.5 Å². The van der Waals surface area contributed by atoms with Gasteiger partial charge in [0.2, 0.25) is 0 Å². The SMILES string of the molecule is N#Cc1nn(C2CC2)c2c1CNCC2. The molecule has 0 bridgehead atoms. The van der Waals surface area contributed by atoms with Crippen molar-refractivity contribution in [3.63, 3.8) is 0 Å². The lowest BCUT2D eigenvalue weighted by Crippen LogP contribution is -2.24. The van der Waals surface area contributed by atoms with Crippen molar-refractivity contribution in [2.45, 2.75) is 31.8 Å². The average Bonchev–Trinajstić information content (AvgIpc) is 3.00. The van der Waals surface area contributed by atoms with Crippen molar-refractivity contribution in [1.29, 1.82) is 5.26 Å². The second-order valence-electron chi connectivity index (χ2n) is 3.99. The van der Waals surface area contributed by atoms with Gasteiger partial charge in [-0.1, -0.05) is 0 Å². The molecule has 0 amide bonds. The first-order chi connectivity index (χ1) is 6.90. The zero-order valence-electron chi connectivity index (χ0n) is 7.95. The van der Waals surface area contributed by atoms with Crippen LogP contribution in [0.4, 0.5) is 0 Å². The summed E-state index contributed by atoms with van der Waals surface area (Å²) in [5, 5.41) is 16.6. The topological polar surface area (TPSA) is 53.6 Å². The van der Waals surface area contributed by atoms with E-state index in [1.807, 2.05) is 0 Å². The zero-order valence-corrected chi connectivity index (χ0v) is 7.95. The summed E-state index contributed by atoms with van der Waals surface area (Å²) in [4.78, 5) is 0. The van der Waals surface area contributed by atoms with Crippen molar-refractivity contribution < 1.29 is 0 Å². The van der Waals surface area contributed by atoms with Crippen molar-refractivity contribution in [3.8, 4) is 6.07 Å². The van der Waals surface area contributed by atoms with Gasteiger partial charge in [-0.3, -0.25) is 4.68 Å². The van der Waals surface area contributed by atoms with Crippen LogP contribution in [-0.2, 0) is 13.0 Å². The van der Waals surface area contributed by atoms with Gasteiger partial charge in [-0.15, -0.1) is 0 Å². The summed E-state index contributed by atoms with van der Waals surface area (Å²) < 4.78 is 2.09. The molecule has 1 N–H and O–H groups in total. The fraction of sp³-hybridized carbons (Fsp3) is 0.600. The normalized spacial score (nSPS) is 20.2. The second kappa shape index (κ2) is 2.82. The van der Waals surface area contributed by atoms with Gasteiger partial charge in [-0.2, -0.15) is 10.4 Å². The smallest absolute Gasteiger partial charge is 0.167 e. The lowest BCUT2D eigenvalue weighted by molar-refractivity contribution is 0.562. The molecule has 1 saturated carbocycles. The predicted octanol–water partition coefficient (Wildman–Crippen LogP) is 0.735. The molecule has 72 valence electrons. The molecular weight excluding hydrogens is 176 g/mol. The molecule has 1 aliphatic heterocycles. The van der Waals surface area contributed by atoms with Gasteiger partial charge in [0, 0.05) is 30.8 Å². The van der Waals surface area contributed by atoms with E-state index in [0.29, 0.717) is 11.7 Å². The van der Waals surface area contributed by atoms with Crippen molar-refractivity contribution in [1.82, 2.24) is 15.1 Å². The van der Waals surface area contributed by atoms with Crippen LogP contribution in [0.15, 0.2) is 0 Å². The molecule has 4 nitrogen and oxygen atoms in total. The van der Waals surface area contributed by atoms with Crippen molar-refractivity contribution >= 4 is 0 Å². The Morgan fingerprint density at radius 3 is 3.07 bits per heavy atom. The van der Waals surface area contributed by atoms with Gasteiger partial charge in [0.1, 0.15) is 6.07 Å². The summed E-state index contributed by atoms with van der Waals surface area (Å²) in [5.41, 5.74) is 3.05. The molecule has 1 aliphatic carbocycles. The molecule has 0 radical (unpaired) electrons.